The average Bonchev–Trinajstić information content (AvgIpc) is 3.54. The fourth-order valence-corrected chi connectivity index (χ4v) is 6.18. The summed E-state index contributed by atoms with van der Waals surface area (Å²) in [5.41, 5.74) is -1.16. The molecule has 0 amide bonds. The molecule has 1 heterocycles. The lowest BCUT2D eigenvalue weighted by Crippen LogP contribution is -2.39. The van der Waals surface area contributed by atoms with Crippen LogP contribution in [0, 0.1) is 10.8 Å². The van der Waals surface area contributed by atoms with Crippen LogP contribution in [0.2, 0.25) is 0 Å². The van der Waals surface area contributed by atoms with E-state index >= 15 is 0 Å². The van der Waals surface area contributed by atoms with Gasteiger partial charge in [-0.25, -0.2) is 0 Å². The Kier molecular flexibility index (Phi) is 4.37. The molecule has 6 rings (SSSR count). The number of hydrogen-bond acceptors (Lipinski definition) is 4. The van der Waals surface area contributed by atoms with E-state index in [9.17, 15) is 14.4 Å². The Labute approximate surface area is 197 Å². The van der Waals surface area contributed by atoms with Gasteiger partial charge in [-0.3, -0.25) is 14.4 Å². The fraction of sp³-hybridized carbons (Fsp3) is 0.167. The molecule has 34 heavy (non-hydrogen) atoms. The highest BCUT2D eigenvalue weighted by Crippen LogP contribution is 2.81. The molecular formula is C30H22O4. The number of fused-ring (bicyclic) bond motifs is 5. The second kappa shape index (κ2) is 7.22. The van der Waals surface area contributed by atoms with E-state index in [1.54, 1.807) is 54.6 Å². The molecule has 0 unspecified atom stereocenters. The molecule has 3 atom stereocenters. The van der Waals surface area contributed by atoms with E-state index in [1.165, 1.54) is 0 Å². The van der Waals surface area contributed by atoms with Gasteiger partial charge < -0.3 is 4.74 Å². The van der Waals surface area contributed by atoms with Crippen LogP contribution < -0.4 is 4.74 Å². The zero-order valence-corrected chi connectivity index (χ0v) is 18.7. The highest BCUT2D eigenvalue weighted by molar-refractivity contribution is 6.26. The number of ether oxygens (including phenoxy) is 1. The van der Waals surface area contributed by atoms with Crippen LogP contribution in [-0.4, -0.2) is 17.5 Å². The van der Waals surface area contributed by atoms with Gasteiger partial charge in [-0.2, -0.15) is 0 Å². The molecule has 4 nitrogen and oxygen atoms in total. The highest BCUT2D eigenvalue weighted by Gasteiger charge is 2.89. The van der Waals surface area contributed by atoms with E-state index in [-0.39, 0.29) is 11.6 Å². The van der Waals surface area contributed by atoms with E-state index in [4.69, 9.17) is 4.74 Å². The molecule has 4 heteroatoms. The topological polar surface area (TPSA) is 60.4 Å². The lowest BCUT2D eigenvalue weighted by Gasteiger charge is -2.24. The van der Waals surface area contributed by atoms with Crippen molar-refractivity contribution >= 4 is 28.3 Å². The summed E-state index contributed by atoms with van der Waals surface area (Å²) in [5.74, 6) is -1.36. The van der Waals surface area contributed by atoms with Crippen molar-refractivity contribution in [3.8, 4) is 5.75 Å². The maximum Gasteiger partial charge on any atom is 0.327 e. The third-order valence-electron chi connectivity index (χ3n) is 7.68. The maximum absolute atomic E-state index is 14.2. The largest absolute Gasteiger partial charge is 0.425 e. The molecule has 0 bridgehead atoms. The summed E-state index contributed by atoms with van der Waals surface area (Å²) >= 11 is 0. The minimum Gasteiger partial charge on any atom is -0.425 e. The van der Waals surface area contributed by atoms with Crippen LogP contribution in [0.15, 0.2) is 97.1 Å². The minimum atomic E-state index is -1.60. The van der Waals surface area contributed by atoms with Gasteiger partial charge in [-0.1, -0.05) is 97.9 Å². The molecule has 4 aromatic rings. The van der Waals surface area contributed by atoms with Gasteiger partial charge >= 0.3 is 5.97 Å². The third-order valence-corrected chi connectivity index (χ3v) is 7.68. The summed E-state index contributed by atoms with van der Waals surface area (Å²) in [6.07, 6.45) is 0.335. The van der Waals surface area contributed by atoms with Gasteiger partial charge in [-0.05, 0) is 23.3 Å². The van der Waals surface area contributed by atoms with Crippen molar-refractivity contribution in [2.24, 2.45) is 10.8 Å². The lowest BCUT2D eigenvalue weighted by molar-refractivity contribution is -0.140. The highest BCUT2D eigenvalue weighted by atomic mass is 16.5. The van der Waals surface area contributed by atoms with Crippen LogP contribution in [0.4, 0.5) is 0 Å². The van der Waals surface area contributed by atoms with Gasteiger partial charge in [0.1, 0.15) is 5.75 Å². The van der Waals surface area contributed by atoms with Crippen molar-refractivity contribution < 1.29 is 19.1 Å². The molecule has 0 radical (unpaired) electrons. The predicted octanol–water partition coefficient (Wildman–Crippen LogP) is 6.00. The summed E-state index contributed by atoms with van der Waals surface area (Å²) in [4.78, 5) is 42.2. The van der Waals surface area contributed by atoms with E-state index < -0.39 is 22.7 Å². The summed E-state index contributed by atoms with van der Waals surface area (Å²) in [5, 5.41) is 1.88. The van der Waals surface area contributed by atoms with Gasteiger partial charge in [0.05, 0.1) is 5.41 Å². The molecule has 0 spiro atoms. The van der Waals surface area contributed by atoms with Crippen molar-refractivity contribution in [1.82, 2.24) is 0 Å². The molecule has 0 aromatic heterocycles. The number of esters is 1. The predicted molar refractivity (Wildman–Crippen MR) is 129 cm³/mol. The Morgan fingerprint density at radius 2 is 1.35 bits per heavy atom. The fourth-order valence-electron chi connectivity index (χ4n) is 6.18. The Morgan fingerprint density at radius 3 is 2.00 bits per heavy atom. The van der Waals surface area contributed by atoms with Crippen LogP contribution in [-0.2, 0) is 4.79 Å². The monoisotopic (exact) mass is 446 g/mol. The van der Waals surface area contributed by atoms with Crippen molar-refractivity contribution in [3.05, 3.63) is 114 Å². The number of benzene rings is 4. The van der Waals surface area contributed by atoms with Crippen LogP contribution in [0.1, 0.15) is 45.5 Å². The van der Waals surface area contributed by atoms with Gasteiger partial charge in [0, 0.05) is 22.6 Å². The SMILES string of the molecule is CC[C@@]1(C(=O)c2ccccc2)[C@H]2c3c(ccc4ccccc34)OC(=O)[C@@]21C(=O)c1ccccc1. The van der Waals surface area contributed by atoms with Gasteiger partial charge in [-0.15, -0.1) is 0 Å². The smallest absolute Gasteiger partial charge is 0.327 e. The second-order valence-corrected chi connectivity index (χ2v) is 9.04. The second-order valence-electron chi connectivity index (χ2n) is 9.04. The molecule has 1 saturated carbocycles. The molecule has 166 valence electrons. The van der Waals surface area contributed by atoms with Crippen LogP contribution >= 0.6 is 0 Å². The molecule has 1 aliphatic carbocycles. The normalized spacial score (nSPS) is 24.6. The first-order valence-electron chi connectivity index (χ1n) is 11.5. The van der Waals surface area contributed by atoms with Crippen LogP contribution in [0.3, 0.4) is 0 Å². The van der Waals surface area contributed by atoms with E-state index in [0.717, 1.165) is 16.3 Å². The summed E-state index contributed by atoms with van der Waals surface area (Å²) in [6, 6.07) is 29.2. The number of hydrogen-bond donors (Lipinski definition) is 0. The Balaban J connectivity index is 1.67. The molecule has 1 fully saturated rings. The number of rotatable bonds is 5. The average molecular weight is 447 g/mol. The molecule has 2 aliphatic rings. The van der Waals surface area contributed by atoms with E-state index in [0.29, 0.717) is 23.3 Å². The van der Waals surface area contributed by atoms with Gasteiger partial charge in [0.25, 0.3) is 0 Å². The molecule has 4 aromatic carbocycles. The quantitative estimate of drug-likeness (QED) is 0.163. The van der Waals surface area contributed by atoms with E-state index in [1.807, 2.05) is 49.4 Å². The number of carbonyl (C=O) groups excluding carboxylic acids is 3. The first-order chi connectivity index (χ1) is 16.6. The standard InChI is InChI=1S/C30H22O4/c1-2-29(26(31)20-12-5-3-6-13-20)25-24-22-16-10-9-11-19(22)17-18-23(24)34-28(33)30(25,29)27(32)21-14-7-4-8-15-21/h3-18,25H,2H2,1H3/t25-,29+,30+/m1/s1. The van der Waals surface area contributed by atoms with E-state index in [2.05, 4.69) is 0 Å². The summed E-state index contributed by atoms with van der Waals surface area (Å²) in [7, 11) is 0. The third kappa shape index (κ3) is 2.40. The molecule has 0 N–H and O–H groups in total. The summed E-state index contributed by atoms with van der Waals surface area (Å²) < 4.78 is 5.87. The zero-order chi connectivity index (χ0) is 23.5. The van der Waals surface area contributed by atoms with Crippen molar-refractivity contribution in [2.45, 2.75) is 19.3 Å². The number of ketones is 2. The Hall–Kier alpha value is -4.05. The molecular weight excluding hydrogens is 424 g/mol. The number of carbonyl (C=O) groups is 3. The zero-order valence-electron chi connectivity index (χ0n) is 18.7. The van der Waals surface area contributed by atoms with Gasteiger partial charge in [0.15, 0.2) is 17.0 Å². The van der Waals surface area contributed by atoms with Crippen LogP contribution in [0.5, 0.6) is 5.75 Å². The van der Waals surface area contributed by atoms with Crippen molar-refractivity contribution in [1.29, 1.82) is 0 Å². The van der Waals surface area contributed by atoms with Crippen molar-refractivity contribution in [3.63, 3.8) is 0 Å². The molecule has 0 saturated heterocycles. The first-order valence-corrected chi connectivity index (χ1v) is 11.5. The van der Waals surface area contributed by atoms with Gasteiger partial charge in [0.2, 0.25) is 0 Å². The van der Waals surface area contributed by atoms with Crippen LogP contribution in [0.25, 0.3) is 10.8 Å². The maximum atomic E-state index is 14.2. The Bertz CT molecular complexity index is 1470. The Morgan fingerprint density at radius 1 is 0.765 bits per heavy atom. The summed E-state index contributed by atoms with van der Waals surface area (Å²) in [6.45, 7) is 1.89. The molecule has 1 aliphatic heterocycles. The number of Topliss-reactive ketones (excluding diaryl/α,β-unsaturated/α-hetero) is 2. The minimum absolute atomic E-state index is 0.192. The van der Waals surface area contributed by atoms with Crippen molar-refractivity contribution in [2.75, 3.05) is 0 Å². The first kappa shape index (κ1) is 20.5. The lowest BCUT2D eigenvalue weighted by atomic mass is 9.79.